The lowest BCUT2D eigenvalue weighted by Crippen LogP contribution is -2.01. The quantitative estimate of drug-likeness (QED) is 0.701. The third-order valence-electron chi connectivity index (χ3n) is 3.10. The number of pyridine rings is 1. The molecule has 0 amide bonds. The number of aromatic amines is 1. The van der Waals surface area contributed by atoms with Gasteiger partial charge < -0.3 is 4.98 Å². The molecule has 3 heterocycles. The maximum absolute atomic E-state index is 5.41. The summed E-state index contributed by atoms with van der Waals surface area (Å²) in [6.07, 6.45) is 2.85. The van der Waals surface area contributed by atoms with Crippen LogP contribution in [0.2, 0.25) is 0 Å². The molecule has 6 heteroatoms. The standard InChI is InChI=1S/C13H12BrN3S2/c1-2-8-3-4-19-11(8)7-17-12-10(16-13(17)18)5-9(14)6-15-12/h3-6H,2,7H2,1H3,(H,16,18). The van der Waals surface area contributed by atoms with Crippen LogP contribution in [0.4, 0.5) is 0 Å². The molecule has 0 fully saturated rings. The lowest BCUT2D eigenvalue weighted by molar-refractivity contribution is 0.804. The molecule has 0 unspecified atom stereocenters. The zero-order valence-electron chi connectivity index (χ0n) is 10.3. The van der Waals surface area contributed by atoms with Gasteiger partial charge in [-0.2, -0.15) is 0 Å². The predicted octanol–water partition coefficient (Wildman–Crippen LogP) is 4.53. The van der Waals surface area contributed by atoms with Crippen LogP contribution in [0, 0.1) is 4.77 Å². The maximum Gasteiger partial charge on any atom is 0.179 e. The van der Waals surface area contributed by atoms with Crippen molar-refractivity contribution in [3.8, 4) is 0 Å². The van der Waals surface area contributed by atoms with Gasteiger partial charge in [-0.25, -0.2) is 4.98 Å². The molecule has 0 radical (unpaired) electrons. The lowest BCUT2D eigenvalue weighted by atomic mass is 10.2. The van der Waals surface area contributed by atoms with E-state index in [0.29, 0.717) is 0 Å². The van der Waals surface area contributed by atoms with E-state index in [1.807, 2.05) is 6.07 Å². The summed E-state index contributed by atoms with van der Waals surface area (Å²) in [4.78, 5) is 9.02. The van der Waals surface area contributed by atoms with Gasteiger partial charge in [0, 0.05) is 15.5 Å². The van der Waals surface area contributed by atoms with Gasteiger partial charge in [-0.3, -0.25) is 4.57 Å². The minimum absolute atomic E-state index is 0.719. The second-order valence-electron chi connectivity index (χ2n) is 4.26. The average Bonchev–Trinajstić information content (AvgIpc) is 2.95. The van der Waals surface area contributed by atoms with Gasteiger partial charge in [0.1, 0.15) is 0 Å². The van der Waals surface area contributed by atoms with E-state index in [1.165, 1.54) is 10.4 Å². The fraction of sp³-hybridized carbons (Fsp3) is 0.231. The van der Waals surface area contributed by atoms with E-state index in [4.69, 9.17) is 12.2 Å². The molecule has 0 aliphatic carbocycles. The number of nitrogens with one attached hydrogen (secondary N) is 1. The zero-order chi connectivity index (χ0) is 13.4. The van der Waals surface area contributed by atoms with Gasteiger partial charge in [-0.1, -0.05) is 6.92 Å². The highest BCUT2D eigenvalue weighted by atomic mass is 79.9. The van der Waals surface area contributed by atoms with E-state index in [-0.39, 0.29) is 0 Å². The molecule has 3 nitrogen and oxygen atoms in total. The van der Waals surface area contributed by atoms with E-state index in [2.05, 4.69) is 48.8 Å². The number of halogens is 1. The molecule has 0 aliphatic heterocycles. The number of rotatable bonds is 3. The number of thiophene rings is 1. The molecule has 1 N–H and O–H groups in total. The van der Waals surface area contributed by atoms with E-state index in [1.54, 1.807) is 17.5 Å². The van der Waals surface area contributed by atoms with Crippen LogP contribution in [0.1, 0.15) is 17.4 Å². The van der Waals surface area contributed by atoms with Gasteiger partial charge in [0.25, 0.3) is 0 Å². The van der Waals surface area contributed by atoms with Crippen molar-refractivity contribution >= 4 is 50.6 Å². The Morgan fingerprint density at radius 3 is 3.16 bits per heavy atom. The van der Waals surface area contributed by atoms with Crippen molar-refractivity contribution in [1.82, 2.24) is 14.5 Å². The summed E-state index contributed by atoms with van der Waals surface area (Å²) in [6.45, 7) is 2.96. The maximum atomic E-state index is 5.41. The monoisotopic (exact) mass is 353 g/mol. The van der Waals surface area contributed by atoms with Crippen molar-refractivity contribution in [1.29, 1.82) is 0 Å². The summed E-state index contributed by atoms with van der Waals surface area (Å²) in [7, 11) is 0. The van der Waals surface area contributed by atoms with Crippen LogP contribution < -0.4 is 0 Å². The van der Waals surface area contributed by atoms with Gasteiger partial charge >= 0.3 is 0 Å². The molecule has 0 aromatic carbocycles. The molecule has 0 spiro atoms. The largest absolute Gasteiger partial charge is 0.329 e. The minimum Gasteiger partial charge on any atom is -0.329 e. The highest BCUT2D eigenvalue weighted by molar-refractivity contribution is 9.10. The topological polar surface area (TPSA) is 33.6 Å². The smallest absolute Gasteiger partial charge is 0.179 e. The van der Waals surface area contributed by atoms with Crippen LogP contribution in [0.15, 0.2) is 28.2 Å². The molecule has 0 atom stereocenters. The summed E-state index contributed by atoms with van der Waals surface area (Å²) >= 11 is 10.6. The molecule has 0 bridgehead atoms. The van der Waals surface area contributed by atoms with E-state index >= 15 is 0 Å². The van der Waals surface area contributed by atoms with Crippen LogP contribution >= 0.6 is 39.5 Å². The third kappa shape index (κ3) is 2.40. The molecule has 0 aliphatic rings. The van der Waals surface area contributed by atoms with Crippen molar-refractivity contribution in [3.05, 3.63) is 43.4 Å². The number of aryl methyl sites for hydroxylation is 1. The highest BCUT2D eigenvalue weighted by Crippen LogP contribution is 2.22. The van der Waals surface area contributed by atoms with Gasteiger partial charge in [0.05, 0.1) is 12.1 Å². The number of hydrogen-bond acceptors (Lipinski definition) is 3. The number of imidazole rings is 1. The van der Waals surface area contributed by atoms with Crippen molar-refractivity contribution in [2.45, 2.75) is 19.9 Å². The normalized spacial score (nSPS) is 11.3. The minimum atomic E-state index is 0.719. The zero-order valence-corrected chi connectivity index (χ0v) is 13.5. The second kappa shape index (κ2) is 5.19. The summed E-state index contributed by atoms with van der Waals surface area (Å²) in [5.74, 6) is 0. The second-order valence-corrected chi connectivity index (χ2v) is 6.57. The third-order valence-corrected chi connectivity index (χ3v) is 4.80. The molecular weight excluding hydrogens is 342 g/mol. The Hall–Kier alpha value is -0.980. The fourth-order valence-electron chi connectivity index (χ4n) is 2.13. The summed E-state index contributed by atoms with van der Waals surface area (Å²) in [6, 6.07) is 4.19. The first-order valence-electron chi connectivity index (χ1n) is 5.98. The first kappa shape index (κ1) is 13.0. The van der Waals surface area contributed by atoms with Gasteiger partial charge in [-0.05, 0) is 57.6 Å². The van der Waals surface area contributed by atoms with E-state index < -0.39 is 0 Å². The van der Waals surface area contributed by atoms with Gasteiger partial charge in [0.15, 0.2) is 10.4 Å². The van der Waals surface area contributed by atoms with Crippen LogP contribution in [0.25, 0.3) is 11.2 Å². The fourth-order valence-corrected chi connectivity index (χ4v) is 3.69. The molecule has 3 rings (SSSR count). The van der Waals surface area contributed by atoms with Crippen LogP contribution in [-0.4, -0.2) is 14.5 Å². The number of aromatic nitrogens is 3. The summed E-state index contributed by atoms with van der Waals surface area (Å²) in [5, 5.41) is 2.14. The number of H-pyrrole nitrogens is 1. The predicted molar refractivity (Wildman–Crippen MR) is 85.4 cm³/mol. The number of hydrogen-bond donors (Lipinski definition) is 1. The Kier molecular flexibility index (Phi) is 3.56. The summed E-state index contributed by atoms with van der Waals surface area (Å²) < 4.78 is 3.73. The molecular formula is C13H12BrN3S2. The van der Waals surface area contributed by atoms with Crippen molar-refractivity contribution in [2.24, 2.45) is 0 Å². The Bertz CT molecular complexity index is 785. The van der Waals surface area contributed by atoms with Crippen molar-refractivity contribution in [3.63, 3.8) is 0 Å². The van der Waals surface area contributed by atoms with Crippen LogP contribution in [-0.2, 0) is 13.0 Å². The summed E-state index contributed by atoms with van der Waals surface area (Å²) in [5.41, 5.74) is 3.26. The number of fused-ring (bicyclic) bond motifs is 1. The molecule has 3 aromatic heterocycles. The molecule has 0 saturated heterocycles. The lowest BCUT2D eigenvalue weighted by Gasteiger charge is -2.04. The SMILES string of the molecule is CCc1ccsc1Cn1c(=S)[nH]c2cc(Br)cnc21. The van der Waals surface area contributed by atoms with Crippen molar-refractivity contribution in [2.75, 3.05) is 0 Å². The molecule has 0 saturated carbocycles. The Morgan fingerprint density at radius 2 is 2.37 bits per heavy atom. The Balaban J connectivity index is 2.10. The van der Waals surface area contributed by atoms with E-state index in [9.17, 15) is 0 Å². The van der Waals surface area contributed by atoms with Gasteiger partial charge in [0.2, 0.25) is 0 Å². The van der Waals surface area contributed by atoms with E-state index in [0.717, 1.165) is 33.4 Å². The highest BCUT2D eigenvalue weighted by Gasteiger charge is 2.09. The first-order chi connectivity index (χ1) is 9.19. The average molecular weight is 354 g/mol. The van der Waals surface area contributed by atoms with Gasteiger partial charge in [-0.15, -0.1) is 11.3 Å². The number of nitrogens with zero attached hydrogens (tertiary/aromatic N) is 2. The Morgan fingerprint density at radius 1 is 1.53 bits per heavy atom. The molecule has 3 aromatic rings. The van der Waals surface area contributed by atoms with Crippen LogP contribution in [0.3, 0.4) is 0 Å². The van der Waals surface area contributed by atoms with Crippen molar-refractivity contribution < 1.29 is 0 Å². The first-order valence-corrected chi connectivity index (χ1v) is 8.06. The molecule has 19 heavy (non-hydrogen) atoms. The van der Waals surface area contributed by atoms with Crippen LogP contribution in [0.5, 0.6) is 0 Å². The molecule has 98 valence electrons. The Labute approximate surface area is 128 Å².